The Morgan fingerprint density at radius 1 is 1.42 bits per heavy atom. The number of hydrogen-bond donors (Lipinski definition) is 1. The van der Waals surface area contributed by atoms with Gasteiger partial charge in [-0.3, -0.25) is 4.68 Å². The van der Waals surface area contributed by atoms with Crippen LogP contribution in [0.1, 0.15) is 30.7 Å². The minimum absolute atomic E-state index is 0.149. The maximum absolute atomic E-state index is 12.8. The van der Waals surface area contributed by atoms with Crippen LogP contribution in [0.15, 0.2) is 4.90 Å². The van der Waals surface area contributed by atoms with Gasteiger partial charge in [-0.15, -0.1) is 0 Å². The van der Waals surface area contributed by atoms with Crippen molar-refractivity contribution in [3.8, 4) is 0 Å². The van der Waals surface area contributed by atoms with Gasteiger partial charge in [-0.2, -0.15) is 9.40 Å². The summed E-state index contributed by atoms with van der Waals surface area (Å²) in [5.41, 5.74) is 6.76. The summed E-state index contributed by atoms with van der Waals surface area (Å²) in [6.45, 7) is 4.54. The van der Waals surface area contributed by atoms with E-state index in [4.69, 9.17) is 5.73 Å². The summed E-state index contributed by atoms with van der Waals surface area (Å²) in [6.07, 6.45) is 2.58. The van der Waals surface area contributed by atoms with Gasteiger partial charge in [-0.05, 0) is 39.7 Å². The Hall–Kier alpha value is -0.920. The van der Waals surface area contributed by atoms with Crippen LogP contribution in [0.25, 0.3) is 0 Å². The summed E-state index contributed by atoms with van der Waals surface area (Å²) >= 11 is 0. The molecule has 2 N–H and O–H groups in total. The fraction of sp³-hybridized carbons (Fsp3) is 0.750. The van der Waals surface area contributed by atoms with E-state index in [-0.39, 0.29) is 6.04 Å². The summed E-state index contributed by atoms with van der Waals surface area (Å²) in [4.78, 5) is 0.360. The van der Waals surface area contributed by atoms with Crippen LogP contribution in [0, 0.1) is 13.8 Å². The normalized spacial score (nSPS) is 16.3. The van der Waals surface area contributed by atoms with Gasteiger partial charge in [-0.25, -0.2) is 8.42 Å². The van der Waals surface area contributed by atoms with E-state index >= 15 is 0 Å². The monoisotopic (exact) mass is 286 g/mol. The molecule has 0 atom stereocenters. The second kappa shape index (κ2) is 5.22. The summed E-state index contributed by atoms with van der Waals surface area (Å²) in [5.74, 6) is 0. The molecule has 0 amide bonds. The Labute approximate surface area is 114 Å². The van der Waals surface area contributed by atoms with Gasteiger partial charge in [-0.1, -0.05) is 0 Å². The highest BCUT2D eigenvalue weighted by Crippen LogP contribution is 2.33. The molecule has 2 rings (SSSR count). The lowest BCUT2D eigenvalue weighted by molar-refractivity contribution is 0.399. The van der Waals surface area contributed by atoms with Crippen molar-refractivity contribution >= 4 is 10.0 Å². The number of nitrogens with zero attached hydrogens (tertiary/aromatic N) is 3. The molecule has 7 heteroatoms. The molecule has 1 aromatic heterocycles. The zero-order valence-electron chi connectivity index (χ0n) is 11.8. The summed E-state index contributed by atoms with van der Waals surface area (Å²) in [6, 6.07) is 0.149. The number of nitrogens with two attached hydrogens (primary N) is 1. The van der Waals surface area contributed by atoms with E-state index in [1.54, 1.807) is 29.9 Å². The van der Waals surface area contributed by atoms with Crippen molar-refractivity contribution in [1.82, 2.24) is 14.1 Å². The number of sulfonamides is 1. The molecular weight excluding hydrogens is 264 g/mol. The van der Waals surface area contributed by atoms with Crippen LogP contribution in [0.5, 0.6) is 0 Å². The molecular formula is C12H22N4O2S. The Morgan fingerprint density at radius 2 is 2.05 bits per heavy atom. The van der Waals surface area contributed by atoms with E-state index < -0.39 is 10.0 Å². The van der Waals surface area contributed by atoms with Gasteiger partial charge in [0.2, 0.25) is 10.0 Å². The lowest BCUT2D eigenvalue weighted by Crippen LogP contribution is -2.35. The number of aromatic nitrogens is 2. The third-order valence-electron chi connectivity index (χ3n) is 3.55. The SMILES string of the molecule is Cc1nn(C)c(C)c1S(=O)(=O)N(CCCN)C1CC1. The molecule has 1 fully saturated rings. The Kier molecular flexibility index (Phi) is 3.98. The molecule has 1 aliphatic rings. The predicted molar refractivity (Wildman–Crippen MR) is 73.3 cm³/mol. The summed E-state index contributed by atoms with van der Waals surface area (Å²) in [5, 5.41) is 4.21. The van der Waals surface area contributed by atoms with Gasteiger partial charge >= 0.3 is 0 Å². The van der Waals surface area contributed by atoms with Crippen molar-refractivity contribution in [2.75, 3.05) is 13.1 Å². The standard InChI is InChI=1S/C12H22N4O2S/c1-9-12(10(2)15(3)14-9)19(17,18)16(8-4-7-13)11-5-6-11/h11H,4-8,13H2,1-3H3. The topological polar surface area (TPSA) is 81.2 Å². The van der Waals surface area contributed by atoms with E-state index in [0.29, 0.717) is 35.8 Å². The molecule has 1 saturated carbocycles. The van der Waals surface area contributed by atoms with Gasteiger partial charge < -0.3 is 5.73 Å². The quantitative estimate of drug-likeness (QED) is 0.827. The van der Waals surface area contributed by atoms with Crippen molar-refractivity contribution in [3.05, 3.63) is 11.4 Å². The van der Waals surface area contributed by atoms with Crippen LogP contribution in [0.3, 0.4) is 0 Å². The Bertz CT molecular complexity index is 561. The van der Waals surface area contributed by atoms with Crippen LogP contribution >= 0.6 is 0 Å². The lowest BCUT2D eigenvalue weighted by Gasteiger charge is -2.21. The Balaban J connectivity index is 2.39. The van der Waals surface area contributed by atoms with Crippen LogP contribution in [0.4, 0.5) is 0 Å². The van der Waals surface area contributed by atoms with Gasteiger partial charge in [0.15, 0.2) is 0 Å². The molecule has 1 heterocycles. The molecule has 1 aromatic rings. The first kappa shape index (κ1) is 14.5. The highest BCUT2D eigenvalue weighted by atomic mass is 32.2. The highest BCUT2D eigenvalue weighted by Gasteiger charge is 2.39. The first-order chi connectivity index (χ1) is 8.89. The van der Waals surface area contributed by atoms with Gasteiger partial charge in [0.25, 0.3) is 0 Å². The summed E-state index contributed by atoms with van der Waals surface area (Å²) < 4.78 is 28.8. The average Bonchev–Trinajstić information content (AvgIpc) is 3.09. The first-order valence-corrected chi connectivity index (χ1v) is 8.05. The minimum atomic E-state index is -3.46. The minimum Gasteiger partial charge on any atom is -0.330 e. The molecule has 0 unspecified atom stereocenters. The predicted octanol–water partition coefficient (Wildman–Crippen LogP) is 0.539. The molecule has 0 aromatic carbocycles. The fourth-order valence-corrected chi connectivity index (χ4v) is 4.48. The second-order valence-corrected chi connectivity index (χ2v) is 6.94. The zero-order valence-corrected chi connectivity index (χ0v) is 12.6. The zero-order chi connectivity index (χ0) is 14.2. The Morgan fingerprint density at radius 3 is 2.47 bits per heavy atom. The van der Waals surface area contributed by atoms with E-state index in [0.717, 1.165) is 12.8 Å². The first-order valence-electron chi connectivity index (χ1n) is 6.61. The molecule has 0 bridgehead atoms. The van der Waals surface area contributed by atoms with Gasteiger partial charge in [0.05, 0.1) is 11.4 Å². The number of rotatable bonds is 6. The number of hydrogen-bond acceptors (Lipinski definition) is 4. The maximum Gasteiger partial charge on any atom is 0.246 e. The van der Waals surface area contributed by atoms with Crippen molar-refractivity contribution < 1.29 is 8.42 Å². The third kappa shape index (κ3) is 2.68. The average molecular weight is 286 g/mol. The van der Waals surface area contributed by atoms with E-state index in [2.05, 4.69) is 5.10 Å². The van der Waals surface area contributed by atoms with Crippen molar-refractivity contribution in [2.45, 2.75) is 44.0 Å². The third-order valence-corrected chi connectivity index (χ3v) is 5.75. The largest absolute Gasteiger partial charge is 0.330 e. The molecule has 0 radical (unpaired) electrons. The number of aryl methyl sites for hydroxylation is 2. The highest BCUT2D eigenvalue weighted by molar-refractivity contribution is 7.89. The lowest BCUT2D eigenvalue weighted by atomic mass is 10.4. The molecule has 6 nitrogen and oxygen atoms in total. The van der Waals surface area contributed by atoms with Crippen LogP contribution < -0.4 is 5.73 Å². The van der Waals surface area contributed by atoms with Crippen LogP contribution in [0.2, 0.25) is 0 Å². The van der Waals surface area contributed by atoms with Gasteiger partial charge in [0, 0.05) is 19.6 Å². The van der Waals surface area contributed by atoms with E-state index in [1.807, 2.05) is 0 Å². The van der Waals surface area contributed by atoms with Crippen molar-refractivity contribution in [3.63, 3.8) is 0 Å². The smallest absolute Gasteiger partial charge is 0.246 e. The van der Waals surface area contributed by atoms with E-state index in [1.165, 1.54) is 0 Å². The second-order valence-electron chi connectivity index (χ2n) is 5.11. The maximum atomic E-state index is 12.8. The van der Waals surface area contributed by atoms with Crippen LogP contribution in [-0.4, -0.2) is 41.6 Å². The van der Waals surface area contributed by atoms with Gasteiger partial charge in [0.1, 0.15) is 4.90 Å². The van der Waals surface area contributed by atoms with E-state index in [9.17, 15) is 8.42 Å². The van der Waals surface area contributed by atoms with Crippen molar-refractivity contribution in [1.29, 1.82) is 0 Å². The molecule has 0 aliphatic heterocycles. The van der Waals surface area contributed by atoms with Crippen LogP contribution in [-0.2, 0) is 17.1 Å². The molecule has 0 spiro atoms. The fourth-order valence-electron chi connectivity index (χ4n) is 2.35. The van der Waals surface area contributed by atoms with Crippen molar-refractivity contribution in [2.24, 2.45) is 12.8 Å². The molecule has 0 saturated heterocycles. The molecule has 19 heavy (non-hydrogen) atoms. The summed E-state index contributed by atoms with van der Waals surface area (Å²) in [7, 11) is -1.69. The molecule has 1 aliphatic carbocycles. The molecule has 108 valence electrons.